The van der Waals surface area contributed by atoms with Crippen LogP contribution in [0.3, 0.4) is 0 Å². The van der Waals surface area contributed by atoms with Crippen LogP contribution in [-0.2, 0) is 0 Å². The minimum atomic E-state index is 0.358. The van der Waals surface area contributed by atoms with Crippen molar-refractivity contribution in [1.29, 1.82) is 0 Å². The zero-order valence-corrected chi connectivity index (χ0v) is 12.2. The summed E-state index contributed by atoms with van der Waals surface area (Å²) in [5, 5.41) is 7.85. The van der Waals surface area contributed by atoms with Gasteiger partial charge in [-0.05, 0) is 29.8 Å². The Bertz CT molecular complexity index is 629. The van der Waals surface area contributed by atoms with Crippen LogP contribution in [0.4, 0.5) is 5.82 Å². The molecular weight excluding hydrogens is 270 g/mol. The van der Waals surface area contributed by atoms with Crippen molar-refractivity contribution in [3.8, 4) is 17.2 Å². The third-order valence-corrected chi connectivity index (χ3v) is 3.01. The lowest BCUT2D eigenvalue weighted by molar-refractivity contribution is 0.324. The summed E-state index contributed by atoms with van der Waals surface area (Å²) in [7, 11) is 4.68. The number of hydrogen-bond donors (Lipinski definition) is 1. The van der Waals surface area contributed by atoms with Crippen LogP contribution in [0, 0.1) is 0 Å². The van der Waals surface area contributed by atoms with Gasteiger partial charge in [-0.15, -0.1) is 10.2 Å². The fourth-order valence-corrected chi connectivity index (χ4v) is 1.91. The van der Waals surface area contributed by atoms with Crippen LogP contribution in [0.5, 0.6) is 17.2 Å². The standard InChI is InChI=1S/C15H17N3O3/c1-9(11-5-6-14(16)18-17-11)10-7-12(19-2)15(21-4)13(8-10)20-3/h5-8H,1H2,2-4H3,(H2,16,18). The Balaban J connectivity index is 2.48. The SMILES string of the molecule is C=C(c1cc(OC)c(OC)c(OC)c1)c1ccc(N)nn1. The first-order chi connectivity index (χ1) is 10.1. The number of methoxy groups -OCH3 is 3. The first-order valence-electron chi connectivity index (χ1n) is 6.19. The zero-order valence-electron chi connectivity index (χ0n) is 12.2. The number of aromatic nitrogens is 2. The number of hydrogen-bond acceptors (Lipinski definition) is 6. The number of benzene rings is 1. The monoisotopic (exact) mass is 287 g/mol. The van der Waals surface area contributed by atoms with E-state index in [1.165, 1.54) is 0 Å². The normalized spacial score (nSPS) is 10.0. The molecule has 0 spiro atoms. The average molecular weight is 287 g/mol. The van der Waals surface area contributed by atoms with E-state index in [1.807, 2.05) is 12.1 Å². The Morgan fingerprint density at radius 2 is 1.62 bits per heavy atom. The summed E-state index contributed by atoms with van der Waals surface area (Å²) < 4.78 is 15.9. The highest BCUT2D eigenvalue weighted by Crippen LogP contribution is 2.40. The van der Waals surface area contributed by atoms with Gasteiger partial charge in [-0.25, -0.2) is 0 Å². The number of ether oxygens (including phenoxy) is 3. The van der Waals surface area contributed by atoms with Crippen LogP contribution >= 0.6 is 0 Å². The summed E-state index contributed by atoms with van der Waals surface area (Å²) in [6, 6.07) is 7.04. The molecule has 6 heteroatoms. The lowest BCUT2D eigenvalue weighted by Gasteiger charge is -2.15. The van der Waals surface area contributed by atoms with E-state index in [4.69, 9.17) is 19.9 Å². The van der Waals surface area contributed by atoms with Gasteiger partial charge in [0, 0.05) is 5.57 Å². The topological polar surface area (TPSA) is 79.5 Å². The van der Waals surface area contributed by atoms with E-state index in [0.29, 0.717) is 34.3 Å². The van der Waals surface area contributed by atoms with Gasteiger partial charge in [-0.3, -0.25) is 0 Å². The van der Waals surface area contributed by atoms with E-state index in [2.05, 4.69) is 16.8 Å². The van der Waals surface area contributed by atoms with Gasteiger partial charge in [0.1, 0.15) is 5.82 Å². The summed E-state index contributed by atoms with van der Waals surface area (Å²) in [6.45, 7) is 4.04. The van der Waals surface area contributed by atoms with Gasteiger partial charge >= 0.3 is 0 Å². The molecule has 1 aromatic carbocycles. The summed E-state index contributed by atoms with van der Waals surface area (Å²) in [4.78, 5) is 0. The van der Waals surface area contributed by atoms with Crippen LogP contribution in [-0.4, -0.2) is 31.5 Å². The van der Waals surface area contributed by atoms with E-state index in [0.717, 1.165) is 5.56 Å². The molecule has 1 aromatic heterocycles. The maximum atomic E-state index is 5.53. The van der Waals surface area contributed by atoms with Crippen LogP contribution in [0.2, 0.25) is 0 Å². The van der Waals surface area contributed by atoms with Gasteiger partial charge < -0.3 is 19.9 Å². The third-order valence-electron chi connectivity index (χ3n) is 3.01. The molecule has 0 bridgehead atoms. The smallest absolute Gasteiger partial charge is 0.203 e. The molecule has 1 heterocycles. The van der Waals surface area contributed by atoms with Gasteiger partial charge in [-0.2, -0.15) is 0 Å². The van der Waals surface area contributed by atoms with E-state index >= 15 is 0 Å². The molecule has 110 valence electrons. The number of rotatable bonds is 5. The van der Waals surface area contributed by atoms with Crippen LogP contribution in [0.15, 0.2) is 30.8 Å². The Labute approximate surface area is 123 Å². The first-order valence-corrected chi connectivity index (χ1v) is 6.19. The van der Waals surface area contributed by atoms with E-state index < -0.39 is 0 Å². The maximum absolute atomic E-state index is 5.53. The summed E-state index contributed by atoms with van der Waals surface area (Å²) >= 11 is 0. The lowest BCUT2D eigenvalue weighted by Crippen LogP contribution is -1.99. The van der Waals surface area contributed by atoms with Crippen molar-refractivity contribution >= 4 is 11.4 Å². The molecule has 0 aliphatic rings. The largest absolute Gasteiger partial charge is 0.493 e. The second kappa shape index (κ2) is 6.13. The average Bonchev–Trinajstić information content (AvgIpc) is 2.53. The Morgan fingerprint density at radius 1 is 1.00 bits per heavy atom. The van der Waals surface area contributed by atoms with Crippen molar-refractivity contribution in [2.45, 2.75) is 0 Å². The Hall–Kier alpha value is -2.76. The fourth-order valence-electron chi connectivity index (χ4n) is 1.91. The molecule has 0 aliphatic heterocycles. The molecule has 0 atom stereocenters. The van der Waals surface area contributed by atoms with Crippen LogP contribution in [0.1, 0.15) is 11.3 Å². The summed E-state index contributed by atoms with van der Waals surface area (Å²) in [6.07, 6.45) is 0. The molecule has 0 fully saturated rings. The molecular formula is C15H17N3O3. The molecule has 0 aliphatic carbocycles. The second-order valence-corrected chi connectivity index (χ2v) is 4.24. The molecule has 0 saturated heterocycles. The molecule has 0 saturated carbocycles. The van der Waals surface area contributed by atoms with Crippen molar-refractivity contribution in [3.63, 3.8) is 0 Å². The lowest BCUT2D eigenvalue weighted by atomic mass is 10.0. The Morgan fingerprint density at radius 3 is 2.05 bits per heavy atom. The maximum Gasteiger partial charge on any atom is 0.203 e. The zero-order chi connectivity index (χ0) is 15.4. The number of nitrogens with two attached hydrogens (primary N) is 1. The summed E-state index contributed by atoms with van der Waals surface area (Å²) in [5.41, 5.74) is 7.64. The fraction of sp³-hybridized carbons (Fsp3) is 0.200. The Kier molecular flexibility index (Phi) is 4.27. The number of nitrogens with zero attached hydrogens (tertiary/aromatic N) is 2. The van der Waals surface area contributed by atoms with Gasteiger partial charge in [0.05, 0.1) is 27.0 Å². The van der Waals surface area contributed by atoms with Crippen molar-refractivity contribution in [2.75, 3.05) is 27.1 Å². The van der Waals surface area contributed by atoms with Crippen molar-refractivity contribution in [3.05, 3.63) is 42.1 Å². The predicted octanol–water partition coefficient (Wildman–Crippen LogP) is 2.15. The quantitative estimate of drug-likeness (QED) is 0.907. The van der Waals surface area contributed by atoms with E-state index in [9.17, 15) is 0 Å². The van der Waals surface area contributed by atoms with Crippen LogP contribution < -0.4 is 19.9 Å². The minimum absolute atomic E-state index is 0.358. The second-order valence-electron chi connectivity index (χ2n) is 4.24. The minimum Gasteiger partial charge on any atom is -0.493 e. The number of anilines is 1. The predicted molar refractivity (Wildman–Crippen MR) is 80.7 cm³/mol. The molecule has 2 aromatic rings. The number of nitrogen functional groups attached to an aromatic ring is 1. The van der Waals surface area contributed by atoms with Gasteiger partial charge in [0.25, 0.3) is 0 Å². The molecule has 6 nitrogen and oxygen atoms in total. The molecule has 21 heavy (non-hydrogen) atoms. The molecule has 0 amide bonds. The molecule has 2 N–H and O–H groups in total. The molecule has 0 unspecified atom stereocenters. The van der Waals surface area contributed by atoms with Crippen molar-refractivity contribution in [1.82, 2.24) is 10.2 Å². The highest BCUT2D eigenvalue weighted by molar-refractivity contribution is 5.78. The highest BCUT2D eigenvalue weighted by atomic mass is 16.5. The van der Waals surface area contributed by atoms with Gasteiger partial charge in [0.2, 0.25) is 5.75 Å². The van der Waals surface area contributed by atoms with Crippen molar-refractivity contribution in [2.24, 2.45) is 0 Å². The highest BCUT2D eigenvalue weighted by Gasteiger charge is 2.15. The first kappa shape index (κ1) is 14.6. The van der Waals surface area contributed by atoms with E-state index in [-0.39, 0.29) is 0 Å². The molecule has 2 rings (SSSR count). The molecule has 0 radical (unpaired) electrons. The van der Waals surface area contributed by atoms with E-state index in [1.54, 1.807) is 33.5 Å². The summed E-state index contributed by atoms with van der Waals surface area (Å²) in [5.74, 6) is 1.99. The third kappa shape index (κ3) is 2.89. The van der Waals surface area contributed by atoms with Gasteiger partial charge in [0.15, 0.2) is 11.5 Å². The van der Waals surface area contributed by atoms with Crippen molar-refractivity contribution < 1.29 is 14.2 Å². The van der Waals surface area contributed by atoms with Gasteiger partial charge in [-0.1, -0.05) is 6.58 Å². The van der Waals surface area contributed by atoms with Crippen LogP contribution in [0.25, 0.3) is 5.57 Å².